The molecule has 15 heteroatoms. The molecule has 3 aliphatic carbocycles. The molecule has 1 aliphatic heterocycles. The first kappa shape index (κ1) is 49.4. The summed E-state index contributed by atoms with van der Waals surface area (Å²) in [7, 11) is -2.66. The van der Waals surface area contributed by atoms with Gasteiger partial charge in [-0.2, -0.15) is 0 Å². The van der Waals surface area contributed by atoms with E-state index in [0.29, 0.717) is 18.1 Å². The van der Waals surface area contributed by atoms with E-state index in [0.717, 1.165) is 0 Å². The third kappa shape index (κ3) is 8.57. The van der Waals surface area contributed by atoms with Gasteiger partial charge in [0.05, 0.1) is 29.6 Å². The average molecular weight is 939 g/mol. The fourth-order valence-electron chi connectivity index (χ4n) is 11.2. The van der Waals surface area contributed by atoms with Crippen molar-refractivity contribution in [3.63, 3.8) is 0 Å². The van der Waals surface area contributed by atoms with Gasteiger partial charge in [-0.25, -0.2) is 9.59 Å². The summed E-state index contributed by atoms with van der Waals surface area (Å²) >= 11 is 0. The van der Waals surface area contributed by atoms with Gasteiger partial charge in [-0.1, -0.05) is 101 Å². The third-order valence-electron chi connectivity index (χ3n) is 15.4. The Morgan fingerprint density at radius 3 is 1.93 bits per heavy atom. The van der Waals surface area contributed by atoms with E-state index in [9.17, 15) is 29.1 Å². The summed E-state index contributed by atoms with van der Waals surface area (Å²) in [5.74, 6) is -6.34. The highest BCUT2D eigenvalue weighted by molar-refractivity contribution is 6.73. The smallest absolute Gasteiger partial charge is 0.457 e. The van der Waals surface area contributed by atoms with Crippen molar-refractivity contribution in [1.29, 1.82) is 0 Å². The maximum atomic E-state index is 16.5. The van der Waals surface area contributed by atoms with Gasteiger partial charge in [-0.3, -0.25) is 19.2 Å². The Balaban J connectivity index is 1.50. The van der Waals surface area contributed by atoms with Crippen molar-refractivity contribution in [2.24, 2.45) is 22.7 Å². The molecular formula is C52H62O14Si. The van der Waals surface area contributed by atoms with E-state index < -0.39 is 115 Å². The number of ketones is 2. The summed E-state index contributed by atoms with van der Waals surface area (Å²) in [6.07, 6.45) is -8.48. The molecule has 7 rings (SSSR count). The molecule has 67 heavy (non-hydrogen) atoms. The molecule has 4 aliphatic rings. The Labute approximate surface area is 392 Å². The quantitative estimate of drug-likeness (QED) is 0.0309. The van der Waals surface area contributed by atoms with Crippen LogP contribution in [-0.2, 0) is 42.5 Å². The summed E-state index contributed by atoms with van der Waals surface area (Å²) in [4.78, 5) is 86.6. The zero-order chi connectivity index (χ0) is 48.7. The van der Waals surface area contributed by atoms with Gasteiger partial charge in [-0.05, 0) is 74.3 Å². The maximum Gasteiger partial charge on any atom is 0.514 e. The van der Waals surface area contributed by atoms with E-state index in [1.807, 2.05) is 20.8 Å². The highest BCUT2D eigenvalue weighted by Gasteiger charge is 2.79. The number of carbonyl (C=O) groups is 6. The van der Waals surface area contributed by atoms with Crippen LogP contribution in [0.1, 0.15) is 95.9 Å². The minimum Gasteiger partial charge on any atom is -0.457 e. The molecule has 2 bridgehead atoms. The SMILES string of the molecule is CC[Si](CC)(CC)O[C@H]1C[C@H]2OC[C@@]2(OC(C)=O)[C@H]2[C@H](OC(=O)c3ccccc3)[C@]3(O)C[C@H](OC(=O)C(C)C(=O)c4ccccc4)C(C)=C([C@@H](OC(=O)Oc4ccccc4)C(=O)[C@]12C)C3(C)C. The van der Waals surface area contributed by atoms with Gasteiger partial charge in [0.25, 0.3) is 0 Å². The first-order valence-corrected chi connectivity index (χ1v) is 25.7. The number of aliphatic hydroxyl groups is 1. The second-order valence-electron chi connectivity index (χ2n) is 19.1. The molecule has 1 N–H and O–H groups in total. The average Bonchev–Trinajstić information content (AvgIpc) is 3.31. The lowest BCUT2D eigenvalue weighted by molar-refractivity contribution is -0.344. The molecule has 0 radical (unpaired) electrons. The number of ether oxygens (including phenoxy) is 6. The Hall–Kier alpha value is -5.48. The first-order chi connectivity index (χ1) is 31.7. The van der Waals surface area contributed by atoms with Gasteiger partial charge in [0, 0.05) is 30.7 Å². The fraction of sp³-hybridized carbons (Fsp3) is 0.500. The normalized spacial score (nSPS) is 30.1. The Kier molecular flexibility index (Phi) is 13.9. The maximum absolute atomic E-state index is 16.5. The molecule has 0 spiro atoms. The zero-order valence-corrected chi connectivity index (χ0v) is 40.7. The predicted molar refractivity (Wildman–Crippen MR) is 246 cm³/mol. The standard InChI is InChI=1S/C52H62O14Si/c1-10-67(11-2,12-3)66-38-28-39-51(30-60-39,65-33(6)53)43-45(64-47(57)35-24-18-14-19-25-35)52(59)29-37(62-46(56)32(5)41(54)34-22-16-13-17-23-34)31(4)40(49(52,7)8)42(44(55)50(38,43)9)63-48(58)61-36-26-20-15-21-27-36/h13-27,32,37-39,42-43,45,59H,10-12,28-30H2,1-9H3/t32?,37-,38-,39+,42+,43-,45-,50+,51-,52+/m0/s1. The molecule has 3 aromatic rings. The van der Waals surface area contributed by atoms with Crippen molar-refractivity contribution < 1.29 is 66.7 Å². The highest BCUT2D eigenvalue weighted by atomic mass is 28.4. The van der Waals surface area contributed by atoms with Crippen LogP contribution in [0.5, 0.6) is 5.75 Å². The minimum absolute atomic E-state index is 0.0637. The number of carbonyl (C=O) groups excluding carboxylic acids is 6. The summed E-state index contributed by atoms with van der Waals surface area (Å²) in [6, 6.07) is 26.6. The van der Waals surface area contributed by atoms with Crippen LogP contribution in [-0.4, -0.2) is 97.4 Å². The van der Waals surface area contributed by atoms with Crippen LogP contribution in [0.15, 0.2) is 102 Å². The van der Waals surface area contributed by atoms with Crippen LogP contribution in [0, 0.1) is 22.7 Å². The van der Waals surface area contributed by atoms with Crippen LogP contribution < -0.4 is 4.74 Å². The number of fused-ring (bicyclic) bond motifs is 5. The molecule has 0 aromatic heterocycles. The Morgan fingerprint density at radius 2 is 1.39 bits per heavy atom. The van der Waals surface area contributed by atoms with Crippen molar-refractivity contribution >= 4 is 43.9 Å². The third-order valence-corrected chi connectivity index (χ3v) is 20.1. The monoisotopic (exact) mass is 938 g/mol. The molecule has 14 nitrogen and oxygen atoms in total. The molecule has 1 heterocycles. The number of para-hydroxylation sites is 1. The lowest BCUT2D eigenvalue weighted by Crippen LogP contribution is -2.82. The molecule has 1 unspecified atom stereocenters. The predicted octanol–water partition coefficient (Wildman–Crippen LogP) is 8.40. The van der Waals surface area contributed by atoms with Gasteiger partial charge in [0.2, 0.25) is 0 Å². The van der Waals surface area contributed by atoms with Crippen molar-refractivity contribution in [3.05, 3.63) is 113 Å². The highest BCUT2D eigenvalue weighted by Crippen LogP contribution is 2.65. The lowest BCUT2D eigenvalue weighted by Gasteiger charge is -2.68. The number of esters is 3. The van der Waals surface area contributed by atoms with Crippen molar-refractivity contribution in [2.75, 3.05) is 6.61 Å². The van der Waals surface area contributed by atoms with E-state index in [1.54, 1.807) is 119 Å². The van der Waals surface area contributed by atoms with Crippen molar-refractivity contribution in [3.8, 4) is 5.75 Å². The van der Waals surface area contributed by atoms with Gasteiger partial charge in [-0.15, -0.1) is 0 Å². The lowest BCUT2D eigenvalue weighted by atomic mass is 9.44. The second-order valence-corrected chi connectivity index (χ2v) is 23.9. The number of Topliss-reactive ketones (excluding diaryl/α,β-unsaturated/α-hetero) is 2. The van der Waals surface area contributed by atoms with E-state index in [2.05, 4.69) is 0 Å². The van der Waals surface area contributed by atoms with Gasteiger partial charge in [0.1, 0.15) is 35.6 Å². The van der Waals surface area contributed by atoms with Gasteiger partial charge >= 0.3 is 24.1 Å². The fourth-order valence-corrected chi connectivity index (χ4v) is 14.2. The van der Waals surface area contributed by atoms with E-state index in [4.69, 9.17) is 32.8 Å². The van der Waals surface area contributed by atoms with Crippen molar-refractivity contribution in [1.82, 2.24) is 0 Å². The summed E-state index contributed by atoms with van der Waals surface area (Å²) < 4.78 is 44.8. The van der Waals surface area contributed by atoms with Crippen LogP contribution in [0.25, 0.3) is 0 Å². The number of rotatable bonds is 14. The van der Waals surface area contributed by atoms with Crippen LogP contribution in [0.4, 0.5) is 4.79 Å². The van der Waals surface area contributed by atoms with E-state index >= 15 is 4.79 Å². The Bertz CT molecular complexity index is 2390. The molecule has 3 aromatic carbocycles. The summed E-state index contributed by atoms with van der Waals surface area (Å²) in [5, 5.41) is 14.1. The van der Waals surface area contributed by atoms with Crippen LogP contribution in [0.3, 0.4) is 0 Å². The molecule has 358 valence electrons. The van der Waals surface area contributed by atoms with Crippen LogP contribution >= 0.6 is 0 Å². The second kappa shape index (κ2) is 18.9. The van der Waals surface area contributed by atoms with Crippen molar-refractivity contribution in [2.45, 2.75) is 135 Å². The molecule has 1 saturated heterocycles. The van der Waals surface area contributed by atoms with E-state index in [1.165, 1.54) is 13.8 Å². The van der Waals surface area contributed by atoms with Gasteiger partial charge in [0.15, 0.2) is 31.6 Å². The molecule has 3 fully saturated rings. The number of benzene rings is 3. The van der Waals surface area contributed by atoms with Gasteiger partial charge < -0.3 is 38.0 Å². The zero-order valence-electron chi connectivity index (χ0n) is 39.7. The summed E-state index contributed by atoms with van der Waals surface area (Å²) in [6.45, 7) is 15.1. The number of hydrogen-bond donors (Lipinski definition) is 1. The molecular weight excluding hydrogens is 877 g/mol. The first-order valence-electron chi connectivity index (χ1n) is 23.2. The largest absolute Gasteiger partial charge is 0.514 e. The van der Waals surface area contributed by atoms with E-state index in [-0.39, 0.29) is 41.1 Å². The molecule has 2 saturated carbocycles. The molecule has 10 atom stereocenters. The summed E-state index contributed by atoms with van der Waals surface area (Å²) in [5.41, 5.74) is -6.84. The molecule has 0 amide bonds. The Morgan fingerprint density at radius 1 is 0.821 bits per heavy atom. The van der Waals surface area contributed by atoms with Crippen LogP contribution in [0.2, 0.25) is 18.1 Å². The minimum atomic E-state index is -2.66. The topological polar surface area (TPSA) is 187 Å². The number of hydrogen-bond acceptors (Lipinski definition) is 14.